The number of hydrogen-bond donors (Lipinski definition) is 1. The number of rotatable bonds is 9. The topological polar surface area (TPSA) is 58.6 Å². The molecule has 1 rings (SSSR count). The standard InChI is InChI=1S/C14H23ClN2O3S/c1-12(10-15)11-21(18,19)16-13-4-6-14(7-5-13)20-9-8-17(2)3/h4-7,12,16H,8-11H2,1-3H3. The van der Waals surface area contributed by atoms with Gasteiger partial charge in [0.1, 0.15) is 12.4 Å². The first-order valence-electron chi connectivity index (χ1n) is 6.76. The highest BCUT2D eigenvalue weighted by Gasteiger charge is 2.15. The van der Waals surface area contributed by atoms with Crippen LogP contribution in [0.5, 0.6) is 5.75 Å². The molecule has 0 aromatic heterocycles. The quantitative estimate of drug-likeness (QED) is 0.704. The van der Waals surface area contributed by atoms with Crippen LogP contribution in [0.3, 0.4) is 0 Å². The van der Waals surface area contributed by atoms with E-state index in [4.69, 9.17) is 16.3 Å². The second kappa shape index (κ2) is 8.46. The Morgan fingerprint density at radius 3 is 2.43 bits per heavy atom. The first kappa shape index (κ1) is 18.1. The molecular formula is C14H23ClN2O3S. The smallest absolute Gasteiger partial charge is 0.233 e. The van der Waals surface area contributed by atoms with Crippen LogP contribution in [0.15, 0.2) is 24.3 Å². The van der Waals surface area contributed by atoms with Crippen LogP contribution in [0.4, 0.5) is 5.69 Å². The zero-order valence-electron chi connectivity index (χ0n) is 12.7. The molecule has 1 atom stereocenters. The minimum Gasteiger partial charge on any atom is -0.492 e. The Bertz CT molecular complexity index is 518. The molecule has 7 heteroatoms. The Labute approximate surface area is 132 Å². The summed E-state index contributed by atoms with van der Waals surface area (Å²) >= 11 is 5.64. The number of hydrogen-bond acceptors (Lipinski definition) is 4. The molecule has 0 saturated carbocycles. The summed E-state index contributed by atoms with van der Waals surface area (Å²) in [5, 5.41) is 0. The normalized spacial score (nSPS) is 13.2. The van der Waals surface area contributed by atoms with Crippen LogP contribution in [-0.2, 0) is 10.0 Å². The van der Waals surface area contributed by atoms with Crippen molar-refractivity contribution in [2.75, 3.05) is 43.6 Å². The third kappa shape index (κ3) is 7.55. The molecule has 5 nitrogen and oxygen atoms in total. The van der Waals surface area contributed by atoms with Gasteiger partial charge in [0.25, 0.3) is 0 Å². The van der Waals surface area contributed by atoms with Gasteiger partial charge in [-0.3, -0.25) is 4.72 Å². The molecule has 1 aromatic rings. The fourth-order valence-electron chi connectivity index (χ4n) is 1.61. The van der Waals surface area contributed by atoms with Crippen LogP contribution in [-0.4, -0.2) is 52.2 Å². The van der Waals surface area contributed by atoms with Gasteiger partial charge in [-0.15, -0.1) is 11.6 Å². The Hall–Kier alpha value is -0.980. The van der Waals surface area contributed by atoms with Crippen LogP contribution in [0.2, 0.25) is 0 Å². The van der Waals surface area contributed by atoms with E-state index in [2.05, 4.69) is 4.72 Å². The first-order valence-corrected chi connectivity index (χ1v) is 8.95. The van der Waals surface area contributed by atoms with Crippen LogP contribution < -0.4 is 9.46 Å². The molecule has 0 heterocycles. The number of anilines is 1. The maximum atomic E-state index is 11.9. The van der Waals surface area contributed by atoms with Crippen LogP contribution in [0, 0.1) is 5.92 Å². The number of nitrogens with zero attached hydrogens (tertiary/aromatic N) is 1. The second-order valence-corrected chi connectivity index (χ2v) is 7.39. The molecule has 120 valence electrons. The summed E-state index contributed by atoms with van der Waals surface area (Å²) in [6.07, 6.45) is 0. The van der Waals surface area contributed by atoms with E-state index in [0.29, 0.717) is 23.9 Å². The summed E-state index contributed by atoms with van der Waals surface area (Å²) in [7, 11) is 0.582. The van der Waals surface area contributed by atoms with Crippen LogP contribution >= 0.6 is 11.6 Å². The lowest BCUT2D eigenvalue weighted by Crippen LogP contribution is -2.22. The van der Waals surface area contributed by atoms with Gasteiger partial charge in [0.05, 0.1) is 5.75 Å². The van der Waals surface area contributed by atoms with Crippen molar-refractivity contribution in [1.82, 2.24) is 4.90 Å². The number of ether oxygens (including phenoxy) is 1. The van der Waals surface area contributed by atoms with Gasteiger partial charge in [-0.1, -0.05) is 6.92 Å². The van der Waals surface area contributed by atoms with Crippen molar-refractivity contribution in [3.05, 3.63) is 24.3 Å². The van der Waals surface area contributed by atoms with Crippen molar-refractivity contribution >= 4 is 27.3 Å². The lowest BCUT2D eigenvalue weighted by Gasteiger charge is -2.13. The summed E-state index contributed by atoms with van der Waals surface area (Å²) in [5.41, 5.74) is 0.525. The highest BCUT2D eigenvalue weighted by atomic mass is 35.5. The zero-order valence-corrected chi connectivity index (χ0v) is 14.2. The Morgan fingerprint density at radius 2 is 1.90 bits per heavy atom. The van der Waals surface area contributed by atoms with E-state index in [1.807, 2.05) is 19.0 Å². The fraction of sp³-hybridized carbons (Fsp3) is 0.571. The summed E-state index contributed by atoms with van der Waals surface area (Å²) in [6.45, 7) is 3.21. The van der Waals surface area contributed by atoms with Crippen molar-refractivity contribution in [1.29, 1.82) is 0 Å². The maximum absolute atomic E-state index is 11.9. The number of sulfonamides is 1. The molecule has 0 aliphatic carbocycles. The summed E-state index contributed by atoms with van der Waals surface area (Å²) in [5.74, 6) is 0.962. The van der Waals surface area contributed by atoms with Gasteiger partial charge >= 0.3 is 0 Å². The van der Waals surface area contributed by atoms with Crippen LogP contribution in [0.25, 0.3) is 0 Å². The molecule has 1 aromatic carbocycles. The van der Waals surface area contributed by atoms with Gasteiger partial charge in [0.15, 0.2) is 0 Å². The molecule has 0 radical (unpaired) electrons. The lowest BCUT2D eigenvalue weighted by molar-refractivity contribution is 0.261. The van der Waals surface area contributed by atoms with E-state index in [0.717, 1.165) is 6.54 Å². The third-order valence-electron chi connectivity index (χ3n) is 2.70. The van der Waals surface area contributed by atoms with Gasteiger partial charge in [0.2, 0.25) is 10.0 Å². The predicted octanol–water partition coefficient (Wildman–Crippen LogP) is 2.24. The van der Waals surface area contributed by atoms with E-state index >= 15 is 0 Å². The highest BCUT2D eigenvalue weighted by molar-refractivity contribution is 7.92. The molecule has 0 bridgehead atoms. The second-order valence-electron chi connectivity index (χ2n) is 5.32. The van der Waals surface area contributed by atoms with E-state index in [9.17, 15) is 8.42 Å². The minimum atomic E-state index is -3.37. The Balaban J connectivity index is 2.54. The summed E-state index contributed by atoms with van der Waals surface area (Å²) in [6, 6.07) is 6.87. The van der Waals surface area contributed by atoms with Crippen molar-refractivity contribution in [3.63, 3.8) is 0 Å². The molecule has 1 unspecified atom stereocenters. The minimum absolute atomic E-state index is 0.0115. The monoisotopic (exact) mass is 334 g/mol. The Kier molecular flexibility index (Phi) is 7.28. The highest BCUT2D eigenvalue weighted by Crippen LogP contribution is 2.17. The van der Waals surface area contributed by atoms with Gasteiger partial charge in [-0.05, 0) is 44.3 Å². The summed E-state index contributed by atoms with van der Waals surface area (Å²) in [4.78, 5) is 2.03. The third-order valence-corrected chi connectivity index (χ3v) is 4.78. The van der Waals surface area contributed by atoms with Gasteiger partial charge in [-0.25, -0.2) is 8.42 Å². The van der Waals surface area contributed by atoms with Crippen molar-refractivity contribution in [2.24, 2.45) is 5.92 Å². The van der Waals surface area contributed by atoms with Crippen LogP contribution in [0.1, 0.15) is 6.92 Å². The Morgan fingerprint density at radius 1 is 1.29 bits per heavy atom. The fourth-order valence-corrected chi connectivity index (χ4v) is 3.29. The lowest BCUT2D eigenvalue weighted by atomic mass is 10.3. The van der Waals surface area contributed by atoms with Crippen molar-refractivity contribution < 1.29 is 13.2 Å². The van der Waals surface area contributed by atoms with E-state index in [-0.39, 0.29) is 11.7 Å². The molecule has 0 saturated heterocycles. The molecule has 21 heavy (non-hydrogen) atoms. The number of benzene rings is 1. The SMILES string of the molecule is CC(CCl)CS(=O)(=O)Nc1ccc(OCCN(C)C)cc1. The number of likely N-dealkylation sites (N-methyl/N-ethyl adjacent to an activating group) is 1. The number of nitrogens with one attached hydrogen (secondary N) is 1. The number of halogens is 1. The molecule has 0 amide bonds. The van der Waals surface area contributed by atoms with Gasteiger partial charge in [0, 0.05) is 18.1 Å². The largest absolute Gasteiger partial charge is 0.492 e. The van der Waals surface area contributed by atoms with E-state index < -0.39 is 10.0 Å². The van der Waals surface area contributed by atoms with Gasteiger partial charge in [-0.2, -0.15) is 0 Å². The molecule has 0 fully saturated rings. The summed E-state index contributed by atoms with van der Waals surface area (Å²) < 4.78 is 31.9. The average Bonchev–Trinajstić information content (AvgIpc) is 2.39. The first-order chi connectivity index (χ1) is 9.82. The van der Waals surface area contributed by atoms with E-state index in [1.165, 1.54) is 0 Å². The van der Waals surface area contributed by atoms with Crippen molar-refractivity contribution in [3.8, 4) is 5.75 Å². The average molecular weight is 335 g/mol. The predicted molar refractivity (Wildman–Crippen MR) is 87.8 cm³/mol. The maximum Gasteiger partial charge on any atom is 0.233 e. The molecule has 0 aliphatic rings. The molecule has 0 aliphatic heterocycles. The molecule has 1 N–H and O–H groups in total. The van der Waals surface area contributed by atoms with Gasteiger partial charge < -0.3 is 9.64 Å². The van der Waals surface area contributed by atoms with E-state index in [1.54, 1.807) is 31.2 Å². The molecular weight excluding hydrogens is 312 g/mol. The zero-order chi connectivity index (χ0) is 15.9. The molecule has 0 spiro atoms. The van der Waals surface area contributed by atoms with Crippen molar-refractivity contribution in [2.45, 2.75) is 6.92 Å². The number of alkyl halides is 1.